The van der Waals surface area contributed by atoms with Crippen LogP contribution in [-0.2, 0) is 4.74 Å². The van der Waals surface area contributed by atoms with E-state index in [0.717, 1.165) is 19.4 Å². The minimum absolute atomic E-state index is 0.0402. The average Bonchev–Trinajstić information content (AvgIpc) is 2.75. The molecular weight excluding hydrogens is 176 g/mol. The number of rotatable bonds is 2. The summed E-state index contributed by atoms with van der Waals surface area (Å²) in [6.07, 6.45) is 4.04. The van der Waals surface area contributed by atoms with Crippen molar-refractivity contribution < 1.29 is 9.26 Å². The Morgan fingerprint density at radius 1 is 1.58 bits per heavy atom. The third-order valence-corrected chi connectivity index (χ3v) is 2.34. The van der Waals surface area contributed by atoms with Gasteiger partial charge in [0.2, 0.25) is 5.16 Å². The Morgan fingerprint density at radius 3 is 3.08 bits per heavy atom. The number of hydrogen-bond acceptors (Lipinski definition) is 5. The van der Waals surface area contributed by atoms with Crippen LogP contribution in [0.4, 0.5) is 0 Å². The average molecular weight is 186 g/mol. The van der Waals surface area contributed by atoms with E-state index in [9.17, 15) is 0 Å². The van der Waals surface area contributed by atoms with Crippen molar-refractivity contribution in [1.82, 2.24) is 10.1 Å². The van der Waals surface area contributed by atoms with Gasteiger partial charge in [-0.05, 0) is 19.1 Å². The van der Waals surface area contributed by atoms with Crippen LogP contribution < -0.4 is 0 Å². The monoisotopic (exact) mass is 186 g/mol. The van der Waals surface area contributed by atoms with Crippen molar-refractivity contribution in [1.29, 1.82) is 0 Å². The van der Waals surface area contributed by atoms with E-state index in [1.165, 1.54) is 11.8 Å². The lowest BCUT2D eigenvalue weighted by Crippen LogP contribution is -1.95. The second kappa shape index (κ2) is 3.45. The van der Waals surface area contributed by atoms with Gasteiger partial charge in [0.1, 0.15) is 6.10 Å². The SMILES string of the molecule is CSc1noc([C@@H]2CCCO2)n1. The molecule has 0 aliphatic carbocycles. The summed E-state index contributed by atoms with van der Waals surface area (Å²) in [5, 5.41) is 4.46. The summed E-state index contributed by atoms with van der Waals surface area (Å²) in [5.41, 5.74) is 0. The third-order valence-electron chi connectivity index (χ3n) is 1.81. The molecule has 0 amide bonds. The zero-order valence-electron chi connectivity index (χ0n) is 6.82. The first-order valence-corrected chi connectivity index (χ1v) is 5.12. The maximum atomic E-state index is 5.39. The lowest BCUT2D eigenvalue weighted by atomic mass is 10.2. The molecule has 1 aromatic rings. The molecule has 1 fully saturated rings. The van der Waals surface area contributed by atoms with Gasteiger partial charge in [0.15, 0.2) is 0 Å². The predicted molar refractivity (Wildman–Crippen MR) is 44.0 cm³/mol. The molecule has 5 heteroatoms. The lowest BCUT2D eigenvalue weighted by molar-refractivity contribution is 0.0835. The number of nitrogens with zero attached hydrogens (tertiary/aromatic N) is 2. The van der Waals surface area contributed by atoms with Crippen molar-refractivity contribution in [2.45, 2.75) is 24.1 Å². The summed E-state index contributed by atoms with van der Waals surface area (Å²) in [7, 11) is 0. The van der Waals surface area contributed by atoms with E-state index in [2.05, 4.69) is 10.1 Å². The molecule has 66 valence electrons. The zero-order chi connectivity index (χ0) is 8.39. The molecule has 0 saturated carbocycles. The maximum absolute atomic E-state index is 5.39. The lowest BCUT2D eigenvalue weighted by Gasteiger charge is -2.00. The van der Waals surface area contributed by atoms with E-state index in [1.807, 2.05) is 6.26 Å². The molecule has 1 atom stereocenters. The van der Waals surface area contributed by atoms with Gasteiger partial charge in [-0.1, -0.05) is 16.9 Å². The van der Waals surface area contributed by atoms with Gasteiger partial charge >= 0.3 is 0 Å². The van der Waals surface area contributed by atoms with Gasteiger partial charge in [-0.25, -0.2) is 0 Å². The minimum Gasteiger partial charge on any atom is -0.368 e. The van der Waals surface area contributed by atoms with E-state index < -0.39 is 0 Å². The second-order valence-electron chi connectivity index (χ2n) is 2.62. The molecule has 1 saturated heterocycles. The van der Waals surface area contributed by atoms with Crippen LogP contribution in [0.15, 0.2) is 9.68 Å². The molecule has 0 unspecified atom stereocenters. The van der Waals surface area contributed by atoms with Crippen LogP contribution >= 0.6 is 11.8 Å². The van der Waals surface area contributed by atoms with Crippen LogP contribution in [0.3, 0.4) is 0 Å². The van der Waals surface area contributed by atoms with Gasteiger partial charge in [0.05, 0.1) is 0 Å². The quantitative estimate of drug-likeness (QED) is 0.657. The Bertz CT molecular complexity index is 258. The van der Waals surface area contributed by atoms with Crippen LogP contribution in [0.2, 0.25) is 0 Å². The smallest absolute Gasteiger partial charge is 0.256 e. The highest BCUT2D eigenvalue weighted by Crippen LogP contribution is 2.27. The van der Waals surface area contributed by atoms with Crippen LogP contribution in [0.25, 0.3) is 0 Å². The first-order valence-electron chi connectivity index (χ1n) is 3.89. The first-order chi connectivity index (χ1) is 5.90. The Labute approximate surface area is 74.7 Å². The van der Waals surface area contributed by atoms with E-state index in [4.69, 9.17) is 9.26 Å². The van der Waals surface area contributed by atoms with Gasteiger partial charge in [-0.15, -0.1) is 0 Å². The minimum atomic E-state index is 0.0402. The molecule has 0 aromatic carbocycles. The van der Waals surface area contributed by atoms with E-state index in [-0.39, 0.29) is 6.10 Å². The normalized spacial score (nSPS) is 23.2. The van der Waals surface area contributed by atoms with Crippen molar-refractivity contribution >= 4 is 11.8 Å². The maximum Gasteiger partial charge on any atom is 0.256 e. The third kappa shape index (κ3) is 1.47. The summed E-state index contributed by atoms with van der Waals surface area (Å²) in [4.78, 5) is 4.17. The van der Waals surface area contributed by atoms with Gasteiger partial charge in [-0.2, -0.15) is 4.98 Å². The standard InChI is InChI=1S/C7H10N2O2S/c1-12-7-8-6(11-9-7)5-3-2-4-10-5/h5H,2-4H2,1H3/t5-/m0/s1. The first kappa shape index (κ1) is 8.07. The number of ether oxygens (including phenoxy) is 1. The largest absolute Gasteiger partial charge is 0.368 e. The van der Waals surface area contributed by atoms with Crippen LogP contribution in [-0.4, -0.2) is 23.0 Å². The fourth-order valence-electron chi connectivity index (χ4n) is 1.21. The number of aromatic nitrogens is 2. The van der Waals surface area contributed by atoms with Gasteiger partial charge < -0.3 is 9.26 Å². The van der Waals surface area contributed by atoms with E-state index >= 15 is 0 Å². The topological polar surface area (TPSA) is 48.2 Å². The molecular formula is C7H10N2O2S. The van der Waals surface area contributed by atoms with Gasteiger partial charge in [0, 0.05) is 6.61 Å². The molecule has 0 radical (unpaired) electrons. The molecule has 4 nitrogen and oxygen atoms in total. The van der Waals surface area contributed by atoms with Crippen LogP contribution in [0.5, 0.6) is 0 Å². The molecule has 0 bridgehead atoms. The molecule has 1 aliphatic heterocycles. The fourth-order valence-corrected chi connectivity index (χ4v) is 1.50. The molecule has 12 heavy (non-hydrogen) atoms. The summed E-state index contributed by atoms with van der Waals surface area (Å²) >= 11 is 1.48. The highest BCUT2D eigenvalue weighted by molar-refractivity contribution is 7.98. The van der Waals surface area contributed by atoms with Crippen molar-refractivity contribution in [3.8, 4) is 0 Å². The van der Waals surface area contributed by atoms with Crippen LogP contribution in [0, 0.1) is 0 Å². The second-order valence-corrected chi connectivity index (χ2v) is 3.39. The van der Waals surface area contributed by atoms with Crippen molar-refractivity contribution in [3.63, 3.8) is 0 Å². The molecule has 1 aliphatic rings. The summed E-state index contributed by atoms with van der Waals surface area (Å²) < 4.78 is 10.4. The molecule has 1 aromatic heterocycles. The summed E-state index contributed by atoms with van der Waals surface area (Å²) in [6, 6.07) is 0. The highest BCUT2D eigenvalue weighted by atomic mass is 32.2. The molecule has 2 rings (SSSR count). The Hall–Kier alpha value is -0.550. The zero-order valence-corrected chi connectivity index (χ0v) is 7.63. The van der Waals surface area contributed by atoms with Crippen molar-refractivity contribution in [2.75, 3.05) is 12.9 Å². The molecule has 2 heterocycles. The van der Waals surface area contributed by atoms with Crippen molar-refractivity contribution in [3.05, 3.63) is 5.89 Å². The number of thioether (sulfide) groups is 1. The molecule has 0 N–H and O–H groups in total. The molecule has 0 spiro atoms. The van der Waals surface area contributed by atoms with E-state index in [1.54, 1.807) is 0 Å². The predicted octanol–water partition coefficient (Wildman–Crippen LogP) is 1.64. The Kier molecular flexibility index (Phi) is 2.32. The van der Waals surface area contributed by atoms with E-state index in [0.29, 0.717) is 11.0 Å². The summed E-state index contributed by atoms with van der Waals surface area (Å²) in [6.45, 7) is 0.807. The van der Waals surface area contributed by atoms with Gasteiger partial charge in [-0.3, -0.25) is 0 Å². The number of hydrogen-bond donors (Lipinski definition) is 0. The Morgan fingerprint density at radius 2 is 2.50 bits per heavy atom. The van der Waals surface area contributed by atoms with Crippen molar-refractivity contribution in [2.24, 2.45) is 0 Å². The summed E-state index contributed by atoms with van der Waals surface area (Å²) in [5.74, 6) is 0.622. The van der Waals surface area contributed by atoms with Crippen LogP contribution in [0.1, 0.15) is 24.8 Å². The van der Waals surface area contributed by atoms with Gasteiger partial charge in [0.25, 0.3) is 5.89 Å². The highest BCUT2D eigenvalue weighted by Gasteiger charge is 2.23. The fraction of sp³-hybridized carbons (Fsp3) is 0.714. The Balaban J connectivity index is 2.11.